The molecule has 1 rings (SSSR count). The fourth-order valence-corrected chi connectivity index (χ4v) is 2.82. The first kappa shape index (κ1) is 17.5. The number of nitrogens with one attached hydrogen (secondary N) is 1. The second kappa shape index (κ2) is 6.94. The van der Waals surface area contributed by atoms with Gasteiger partial charge in [0.2, 0.25) is 0 Å². The molecule has 1 atom stereocenters. The van der Waals surface area contributed by atoms with Crippen molar-refractivity contribution in [2.45, 2.75) is 46.2 Å². The summed E-state index contributed by atoms with van der Waals surface area (Å²) in [6, 6.07) is 6.53. The second-order valence-electron chi connectivity index (χ2n) is 6.27. The van der Waals surface area contributed by atoms with Crippen LogP contribution in [-0.2, 0) is 9.53 Å². The first-order valence-corrected chi connectivity index (χ1v) is 7.34. The van der Waals surface area contributed by atoms with E-state index >= 15 is 0 Å². The number of nitrogens with zero attached hydrogens (tertiary/aromatic N) is 1. The first-order chi connectivity index (χ1) is 9.69. The molecule has 118 valence electrons. The van der Waals surface area contributed by atoms with Crippen molar-refractivity contribution < 1.29 is 9.53 Å². The third-order valence-corrected chi connectivity index (χ3v) is 3.56. The van der Waals surface area contributed by atoms with E-state index in [4.69, 9.17) is 4.74 Å². The molecule has 0 amide bonds. The summed E-state index contributed by atoms with van der Waals surface area (Å²) in [5.41, 5.74) is 2.82. The van der Waals surface area contributed by atoms with Crippen molar-refractivity contribution >= 4 is 11.7 Å². The Morgan fingerprint density at radius 1 is 1.38 bits per heavy atom. The number of aryl methyl sites for hydroxylation is 2. The molecule has 0 aliphatic carbocycles. The Balaban J connectivity index is 2.99. The highest BCUT2D eigenvalue weighted by molar-refractivity contribution is 5.81. The number of hydrogen-bond acceptors (Lipinski definition) is 4. The van der Waals surface area contributed by atoms with Gasteiger partial charge in [0.25, 0.3) is 0 Å². The van der Waals surface area contributed by atoms with Crippen LogP contribution in [-0.4, -0.2) is 38.3 Å². The van der Waals surface area contributed by atoms with Crippen LogP contribution in [0.5, 0.6) is 0 Å². The molecule has 0 saturated heterocycles. The SMILES string of the molecule is COC(=O)C(C)(CN(C)c1ccc(C)cc1C)NC(C)C. The average molecular weight is 292 g/mol. The Morgan fingerprint density at radius 2 is 2.00 bits per heavy atom. The van der Waals surface area contributed by atoms with E-state index in [1.807, 2.05) is 27.8 Å². The highest BCUT2D eigenvalue weighted by Gasteiger charge is 2.36. The summed E-state index contributed by atoms with van der Waals surface area (Å²) in [7, 11) is 3.43. The lowest BCUT2D eigenvalue weighted by Crippen LogP contribution is -2.59. The lowest BCUT2D eigenvalue weighted by Gasteiger charge is -2.35. The van der Waals surface area contributed by atoms with Gasteiger partial charge in [0.05, 0.1) is 7.11 Å². The van der Waals surface area contributed by atoms with Gasteiger partial charge in [-0.15, -0.1) is 0 Å². The third kappa shape index (κ3) is 4.46. The van der Waals surface area contributed by atoms with Crippen LogP contribution in [0.1, 0.15) is 31.9 Å². The van der Waals surface area contributed by atoms with Gasteiger partial charge in [-0.3, -0.25) is 5.32 Å². The lowest BCUT2D eigenvalue weighted by atomic mass is 9.99. The average Bonchev–Trinajstić information content (AvgIpc) is 2.36. The van der Waals surface area contributed by atoms with Crippen molar-refractivity contribution in [2.75, 3.05) is 25.6 Å². The number of anilines is 1. The predicted molar refractivity (Wildman–Crippen MR) is 87.9 cm³/mol. The summed E-state index contributed by atoms with van der Waals surface area (Å²) >= 11 is 0. The van der Waals surface area contributed by atoms with E-state index in [0.717, 1.165) is 5.69 Å². The standard InChI is InChI=1S/C17H28N2O2/c1-12(2)18-17(5,16(20)21-7)11-19(6)15-9-8-13(3)10-14(15)4/h8-10,12,18H,11H2,1-7H3. The van der Waals surface area contributed by atoms with Crippen LogP contribution in [0.15, 0.2) is 18.2 Å². The van der Waals surface area contributed by atoms with Crippen molar-refractivity contribution in [3.63, 3.8) is 0 Å². The molecule has 0 spiro atoms. The largest absolute Gasteiger partial charge is 0.468 e. The normalized spacial score (nSPS) is 13.9. The number of carbonyl (C=O) groups is 1. The maximum atomic E-state index is 12.2. The molecule has 4 nitrogen and oxygen atoms in total. The van der Waals surface area contributed by atoms with Crippen molar-refractivity contribution in [1.82, 2.24) is 5.32 Å². The van der Waals surface area contributed by atoms with Crippen molar-refractivity contribution in [3.05, 3.63) is 29.3 Å². The molecule has 0 aromatic heterocycles. The van der Waals surface area contributed by atoms with Gasteiger partial charge in [-0.2, -0.15) is 0 Å². The Kier molecular flexibility index (Phi) is 5.78. The van der Waals surface area contributed by atoms with Crippen LogP contribution in [0.4, 0.5) is 5.69 Å². The van der Waals surface area contributed by atoms with Crippen LogP contribution in [0.25, 0.3) is 0 Å². The maximum absolute atomic E-state index is 12.2. The molecule has 1 N–H and O–H groups in total. The smallest absolute Gasteiger partial charge is 0.327 e. The molecule has 0 heterocycles. The van der Waals surface area contributed by atoms with E-state index in [1.54, 1.807) is 0 Å². The number of carbonyl (C=O) groups excluding carboxylic acids is 1. The zero-order valence-corrected chi connectivity index (χ0v) is 14.3. The van der Waals surface area contributed by atoms with Gasteiger partial charge in [-0.25, -0.2) is 4.79 Å². The van der Waals surface area contributed by atoms with Gasteiger partial charge in [0.15, 0.2) is 0 Å². The molecule has 0 fully saturated rings. The van der Waals surface area contributed by atoms with Crippen LogP contribution in [0.3, 0.4) is 0 Å². The van der Waals surface area contributed by atoms with Gasteiger partial charge in [-0.1, -0.05) is 17.7 Å². The van der Waals surface area contributed by atoms with E-state index < -0.39 is 5.54 Å². The number of likely N-dealkylation sites (N-methyl/N-ethyl adjacent to an activating group) is 1. The highest BCUT2D eigenvalue weighted by atomic mass is 16.5. The predicted octanol–water partition coefficient (Wildman–Crippen LogP) is 2.67. The second-order valence-corrected chi connectivity index (χ2v) is 6.27. The summed E-state index contributed by atoms with van der Waals surface area (Å²) in [5.74, 6) is -0.243. The maximum Gasteiger partial charge on any atom is 0.327 e. The van der Waals surface area contributed by atoms with E-state index in [-0.39, 0.29) is 12.0 Å². The summed E-state index contributed by atoms with van der Waals surface area (Å²) in [6.07, 6.45) is 0. The zero-order valence-electron chi connectivity index (χ0n) is 14.3. The van der Waals surface area contributed by atoms with Crippen molar-refractivity contribution in [1.29, 1.82) is 0 Å². The van der Waals surface area contributed by atoms with Crippen LogP contribution in [0.2, 0.25) is 0 Å². The van der Waals surface area contributed by atoms with E-state index in [2.05, 4.69) is 42.3 Å². The van der Waals surface area contributed by atoms with E-state index in [9.17, 15) is 4.79 Å². The molecule has 1 aromatic rings. The molecule has 4 heteroatoms. The number of esters is 1. The Hall–Kier alpha value is -1.55. The number of hydrogen-bond donors (Lipinski definition) is 1. The molecule has 0 bridgehead atoms. The quantitative estimate of drug-likeness (QED) is 0.819. The van der Waals surface area contributed by atoms with Gasteiger partial charge in [-0.05, 0) is 46.2 Å². The summed E-state index contributed by atoms with van der Waals surface area (Å²) in [5, 5.41) is 3.32. The molecule has 1 aromatic carbocycles. The van der Waals surface area contributed by atoms with Crippen LogP contribution < -0.4 is 10.2 Å². The molecule has 0 aliphatic rings. The minimum absolute atomic E-state index is 0.196. The third-order valence-electron chi connectivity index (χ3n) is 3.56. The number of rotatable bonds is 6. The summed E-state index contributed by atoms with van der Waals surface area (Å²) in [6.45, 7) is 10.6. The zero-order chi connectivity index (χ0) is 16.2. The summed E-state index contributed by atoms with van der Waals surface area (Å²) < 4.78 is 4.97. The van der Waals surface area contributed by atoms with Gasteiger partial charge in [0.1, 0.15) is 5.54 Å². The number of benzene rings is 1. The minimum Gasteiger partial charge on any atom is -0.468 e. The molecule has 0 saturated carbocycles. The molecule has 1 unspecified atom stereocenters. The topological polar surface area (TPSA) is 41.6 Å². The Bertz CT molecular complexity index is 500. The number of methoxy groups -OCH3 is 1. The fourth-order valence-electron chi connectivity index (χ4n) is 2.82. The molecule has 21 heavy (non-hydrogen) atoms. The lowest BCUT2D eigenvalue weighted by molar-refractivity contribution is -0.147. The Morgan fingerprint density at radius 3 is 2.48 bits per heavy atom. The molecule has 0 aliphatic heterocycles. The highest BCUT2D eigenvalue weighted by Crippen LogP contribution is 2.22. The monoisotopic (exact) mass is 292 g/mol. The summed E-state index contributed by atoms with van der Waals surface area (Å²) in [4.78, 5) is 14.3. The van der Waals surface area contributed by atoms with Gasteiger partial charge < -0.3 is 9.64 Å². The van der Waals surface area contributed by atoms with Gasteiger partial charge in [0, 0.05) is 25.3 Å². The molecule has 0 radical (unpaired) electrons. The van der Waals surface area contributed by atoms with Gasteiger partial charge >= 0.3 is 5.97 Å². The fraction of sp³-hybridized carbons (Fsp3) is 0.588. The Labute approximate surface area is 128 Å². The van der Waals surface area contributed by atoms with Crippen LogP contribution in [0, 0.1) is 13.8 Å². The molecular weight excluding hydrogens is 264 g/mol. The van der Waals surface area contributed by atoms with E-state index in [0.29, 0.717) is 6.54 Å². The number of ether oxygens (including phenoxy) is 1. The molecular formula is C17H28N2O2. The van der Waals surface area contributed by atoms with Crippen molar-refractivity contribution in [2.24, 2.45) is 0 Å². The van der Waals surface area contributed by atoms with Crippen molar-refractivity contribution in [3.8, 4) is 0 Å². The minimum atomic E-state index is -0.741. The van der Waals surface area contributed by atoms with Crippen LogP contribution >= 0.6 is 0 Å². The first-order valence-electron chi connectivity index (χ1n) is 7.34. The van der Waals surface area contributed by atoms with E-state index in [1.165, 1.54) is 18.2 Å².